The van der Waals surface area contributed by atoms with Gasteiger partial charge in [-0.1, -0.05) is 106 Å². The summed E-state index contributed by atoms with van der Waals surface area (Å²) in [5.74, 6) is -26.3. The number of phenols is 1. The average Bonchev–Trinajstić information content (AvgIpc) is 1.58. The van der Waals surface area contributed by atoms with E-state index in [0.717, 1.165) is 43.7 Å². The Morgan fingerprint density at radius 3 is 1.64 bits per heavy atom. The lowest BCUT2D eigenvalue weighted by atomic mass is 9.98. The molecular weight excluding hydrogens is 1770 g/mol. The summed E-state index contributed by atoms with van der Waals surface area (Å²) in [5.41, 5.74) is 19.1. The van der Waals surface area contributed by atoms with Crippen molar-refractivity contribution in [2.75, 3.05) is 65.4 Å². The van der Waals surface area contributed by atoms with Gasteiger partial charge in [0.2, 0.25) is 88.6 Å². The molecule has 724 valence electrons. The lowest BCUT2D eigenvalue weighted by Crippen LogP contribution is -2.62. The van der Waals surface area contributed by atoms with Gasteiger partial charge >= 0.3 is 5.97 Å². The van der Waals surface area contributed by atoms with E-state index in [2.05, 4.69) is 52.8 Å². The van der Waals surface area contributed by atoms with Crippen LogP contribution in [0.4, 0.5) is 17.6 Å². The zero-order chi connectivity index (χ0) is 98.1. The van der Waals surface area contributed by atoms with Crippen molar-refractivity contribution in [3.05, 3.63) is 173 Å². The van der Waals surface area contributed by atoms with Crippen molar-refractivity contribution in [1.82, 2.24) is 77.3 Å². The van der Waals surface area contributed by atoms with Gasteiger partial charge in [0.25, 0.3) is 0 Å². The summed E-state index contributed by atoms with van der Waals surface area (Å²) in [4.78, 5) is 245. The van der Waals surface area contributed by atoms with Crippen LogP contribution in [0.25, 0.3) is 10.9 Å². The molecule has 0 aliphatic carbocycles. The summed E-state index contributed by atoms with van der Waals surface area (Å²) in [5, 5.41) is 67.1. The molecule has 5 aromatic carbocycles. The van der Waals surface area contributed by atoms with Gasteiger partial charge < -0.3 is 115 Å². The van der Waals surface area contributed by atoms with E-state index in [9.17, 15) is 62.8 Å². The van der Waals surface area contributed by atoms with E-state index in [0.29, 0.717) is 57.9 Å². The molecule has 6 aromatic rings. The topological polar surface area (TPSA) is 572 Å². The third kappa shape index (κ3) is 28.5. The number of likely N-dealkylation sites (N-methyl/N-ethyl adjacent to an activating group) is 3. The minimum Gasteiger partial charge on any atom is -0.508 e. The number of thioether (sulfide) groups is 1. The van der Waals surface area contributed by atoms with E-state index >= 15 is 51.9 Å². The van der Waals surface area contributed by atoms with Crippen LogP contribution in [-0.4, -0.2) is 301 Å². The fourth-order valence-electron chi connectivity index (χ4n) is 16.3. The summed E-state index contributed by atoms with van der Waals surface area (Å²) in [6.07, 6.45) is -6.12. The smallest absolute Gasteiger partial charge is 0.305 e. The number of carboxylic acid groups (broad SMARTS) is 1. The first-order valence-corrected chi connectivity index (χ1v) is 45.0. The fraction of sp³-hybridized carbons (Fsp3) is 0.473. The number of unbranched alkanes of at least 4 members (excludes halogenated alkanes) is 1. The number of hydrogen-bond acceptors (Lipinski definition) is 22. The first-order chi connectivity index (χ1) is 63.7. The van der Waals surface area contributed by atoms with Crippen LogP contribution < -0.4 is 65.1 Å². The van der Waals surface area contributed by atoms with Crippen LogP contribution in [0.1, 0.15) is 106 Å². The largest absolute Gasteiger partial charge is 0.508 e. The fourth-order valence-corrected chi connectivity index (χ4v) is 17.1. The number of aliphatic carboxylic acids is 1. The van der Waals surface area contributed by atoms with Gasteiger partial charge in [-0.05, 0) is 115 Å². The van der Waals surface area contributed by atoms with Crippen LogP contribution in [0.2, 0.25) is 0 Å². The molecular formula is C91H116F4N18O20S. The Labute approximate surface area is 773 Å². The number of aliphatic hydroxyl groups is 2. The number of fused-ring (bicyclic) bond motifs is 3. The van der Waals surface area contributed by atoms with Gasteiger partial charge in [0.1, 0.15) is 90.1 Å². The van der Waals surface area contributed by atoms with Crippen LogP contribution in [0.5, 0.6) is 5.75 Å². The number of aromatic hydroxyl groups is 1. The van der Waals surface area contributed by atoms with Crippen LogP contribution >= 0.6 is 11.8 Å². The Morgan fingerprint density at radius 1 is 0.515 bits per heavy atom. The molecule has 3 aliphatic rings. The normalized spacial score (nSPS) is 24.6. The van der Waals surface area contributed by atoms with Crippen molar-refractivity contribution < 1.29 is 115 Å². The second kappa shape index (κ2) is 49.0. The maximum absolute atomic E-state index is 15.7. The summed E-state index contributed by atoms with van der Waals surface area (Å²) >= 11 is 0.608. The number of carbonyl (C=O) groups is 16. The number of halogens is 4. The number of nitrogens with two attached hydrogens (primary N) is 3. The summed E-state index contributed by atoms with van der Waals surface area (Å²) in [7, 11) is 3.48. The van der Waals surface area contributed by atoms with Crippen molar-refractivity contribution in [3.63, 3.8) is 0 Å². The van der Waals surface area contributed by atoms with E-state index < -0.39 is 290 Å². The number of rotatable bonds is 24. The van der Waals surface area contributed by atoms with Gasteiger partial charge in [0.15, 0.2) is 17.5 Å². The number of carboxylic acids is 1. The van der Waals surface area contributed by atoms with Crippen molar-refractivity contribution in [3.8, 4) is 5.75 Å². The van der Waals surface area contributed by atoms with Crippen LogP contribution in [0.3, 0.4) is 0 Å². The number of amides is 15. The van der Waals surface area contributed by atoms with Gasteiger partial charge in [0.05, 0.1) is 30.9 Å². The molecule has 20 N–H and O–H groups in total. The highest BCUT2D eigenvalue weighted by atomic mass is 32.2. The molecule has 15 amide bonds. The standard InChI is InChI=1S/C91H116F4N18O20S/c1-7-8-20-69-90(132)113-45-57(116)40-72(113)86(128)106-66(41-76(119)120)83(125)108-78(48(2)3)91(133)110(5)70(36-49-15-10-9-11-16-49)84(126)103-63(29-31-97)88(130)112-44-56(115)39-71(112)85(127)105-65(38-53-42-99-61-18-13-12-17-58(53)61)82(124)104-64(34-50-23-27-55(114)28-24-50)81(123)102-62(19-14-30-96)80(122)107-68(79(121)100-43-74(98)117)46-134-47-75(118)101-67(35-52-32-59(93)77(95)60(94)33-52)87(129)111(6)73(89(131)109(69)4)37-51-21-25-54(92)26-22-51/h9-13,15-18,21-28,32-33,42,48,56-57,62-73,78,99,114-116H,7-8,14,19-20,29-31,34-41,43-47,96-97H2,1-6H3,(H2,98,117)(H,100,121)(H,101,118)(H,102,123)(H,103,126)(H,104,124)(H,105,127)(H,106,128)(H,107,122)(H,108,125)(H,119,120)/t56-,57-,62+,63+,64+,65+,66+,67+,68+,69+,70+,71-,72-,73+,78+/m1/s1. The van der Waals surface area contributed by atoms with Crippen molar-refractivity contribution in [2.45, 2.75) is 201 Å². The van der Waals surface area contributed by atoms with Crippen LogP contribution in [-0.2, 0) is 109 Å². The quantitative estimate of drug-likeness (QED) is 0.0255. The molecule has 0 bridgehead atoms. The molecule has 38 nitrogen and oxygen atoms in total. The molecule has 0 spiro atoms. The highest BCUT2D eigenvalue weighted by molar-refractivity contribution is 8.00. The number of nitrogens with zero attached hydrogens (tertiary/aromatic N) is 5. The van der Waals surface area contributed by atoms with E-state index in [4.69, 9.17) is 17.2 Å². The second-order valence-electron chi connectivity index (χ2n) is 33.9. The molecule has 3 saturated heterocycles. The highest BCUT2D eigenvalue weighted by Gasteiger charge is 2.48. The molecule has 9 rings (SSSR count). The average molecular weight is 1890 g/mol. The predicted molar refractivity (Wildman–Crippen MR) is 480 cm³/mol. The minimum absolute atomic E-state index is 0.00214. The summed E-state index contributed by atoms with van der Waals surface area (Å²) < 4.78 is 59.8. The predicted octanol–water partition coefficient (Wildman–Crippen LogP) is -1.02. The number of H-pyrrole nitrogens is 1. The molecule has 3 fully saturated rings. The third-order valence-electron chi connectivity index (χ3n) is 23.6. The lowest BCUT2D eigenvalue weighted by Gasteiger charge is -2.38. The summed E-state index contributed by atoms with van der Waals surface area (Å²) in [6, 6.07) is 3.69. The molecule has 15 atom stereocenters. The number of carbonyl (C=O) groups excluding carboxylic acids is 15. The molecule has 134 heavy (non-hydrogen) atoms. The first-order valence-electron chi connectivity index (χ1n) is 43.9. The number of hydrogen-bond donors (Lipinski definition) is 17. The Morgan fingerprint density at radius 2 is 1.04 bits per heavy atom. The molecule has 4 heterocycles. The van der Waals surface area contributed by atoms with Gasteiger partial charge in [-0.3, -0.25) is 76.7 Å². The molecule has 43 heteroatoms. The maximum Gasteiger partial charge on any atom is 0.305 e. The molecule has 0 radical (unpaired) electrons. The second-order valence-corrected chi connectivity index (χ2v) is 34.9. The zero-order valence-electron chi connectivity index (χ0n) is 74.8. The minimum atomic E-state index is -2.06. The van der Waals surface area contributed by atoms with Gasteiger partial charge in [0, 0.05) is 102 Å². The number of primary amides is 1. The summed E-state index contributed by atoms with van der Waals surface area (Å²) in [6.45, 7) is 2.41. The molecule has 0 unspecified atom stereocenters. The van der Waals surface area contributed by atoms with Crippen molar-refractivity contribution >= 4 is 117 Å². The number of aliphatic hydroxyl groups excluding tert-OH is 2. The lowest BCUT2D eigenvalue weighted by molar-refractivity contribution is -0.152. The van der Waals surface area contributed by atoms with E-state index in [1.165, 1.54) is 64.3 Å². The van der Waals surface area contributed by atoms with Crippen LogP contribution in [0, 0.1) is 29.2 Å². The Kier molecular flexibility index (Phi) is 38.3. The van der Waals surface area contributed by atoms with Gasteiger partial charge in [-0.15, -0.1) is 11.8 Å². The monoisotopic (exact) mass is 1890 g/mol. The molecule has 3 aliphatic heterocycles. The number of aromatic nitrogens is 1. The number of para-hydroxylation sites is 1. The third-order valence-corrected chi connectivity index (χ3v) is 24.6. The maximum atomic E-state index is 15.7. The van der Waals surface area contributed by atoms with Crippen molar-refractivity contribution in [2.24, 2.45) is 23.1 Å². The van der Waals surface area contributed by atoms with Gasteiger partial charge in [-0.25, -0.2) is 17.6 Å². The van der Waals surface area contributed by atoms with Crippen LogP contribution in [0.15, 0.2) is 121 Å². The number of nitrogens with one attached hydrogen (secondary N) is 10. The first kappa shape index (κ1) is 105. The SMILES string of the molecule is CCCC[C@H]1C(=O)N2C[C@H](O)C[C@@H]2C(=O)N[C@@H](CC(=O)O)C(=O)N[C@@H](C(C)C)C(=O)N(C)[C@@H](Cc2ccccc2)C(=O)N[C@@H](CCN)C(=O)N2C[C@H](O)C[C@@H]2C(=O)N[C@@H](Cc2c[nH]c3ccccc23)C(=O)N[C@@H](Cc2ccc(O)cc2)C(=O)N[C@@H](CCCN)C(=O)N[C@H](C(=O)NCC(N)=O)CSCC(=O)N[C@@H](Cc2cc(F)c(F)c(F)c2)C(=O)N(C)[C@@H](Cc2ccc(F)cc2)C(=O)N1C. The Balaban J connectivity index is 1.14. The van der Waals surface area contributed by atoms with Crippen molar-refractivity contribution in [1.29, 1.82) is 0 Å². The molecule has 0 saturated carbocycles. The highest BCUT2D eigenvalue weighted by Crippen LogP contribution is 2.29. The van der Waals surface area contributed by atoms with Gasteiger partial charge in [-0.2, -0.15) is 0 Å². The molecule has 1 aromatic heterocycles. The Hall–Kier alpha value is -13.1. The number of benzene rings is 5. The van der Waals surface area contributed by atoms with E-state index in [-0.39, 0.29) is 69.3 Å². The zero-order valence-corrected chi connectivity index (χ0v) is 75.7. The number of aromatic amines is 1. The van der Waals surface area contributed by atoms with E-state index in [1.807, 2.05) is 0 Å². The van der Waals surface area contributed by atoms with E-state index in [1.54, 1.807) is 67.7 Å². The Bertz CT molecular complexity index is 5200. The number of phenolic OH excluding ortho intramolecular Hbond substituents is 1.